The quantitative estimate of drug-likeness (QED) is 0.909. The minimum absolute atomic E-state index is 0.0438. The number of anilines is 2. The van der Waals surface area contributed by atoms with Crippen LogP contribution in [-0.4, -0.2) is 31.6 Å². The number of halogens is 1. The first-order valence-corrected chi connectivity index (χ1v) is 8.14. The van der Waals surface area contributed by atoms with Gasteiger partial charge in [0.2, 0.25) is 5.91 Å². The highest BCUT2D eigenvalue weighted by atomic mass is 35.5. The van der Waals surface area contributed by atoms with Crippen LogP contribution in [0.5, 0.6) is 11.5 Å². The van der Waals surface area contributed by atoms with Crippen molar-refractivity contribution in [1.29, 1.82) is 0 Å². The normalized spacial score (nSPS) is 12.8. The highest BCUT2D eigenvalue weighted by molar-refractivity contribution is 6.30. The van der Waals surface area contributed by atoms with E-state index in [1.165, 1.54) is 6.92 Å². The summed E-state index contributed by atoms with van der Waals surface area (Å²) in [6, 6.07) is 11.9. The lowest BCUT2D eigenvalue weighted by atomic mass is 10.2. The largest absolute Gasteiger partial charge is 0.489 e. The second-order valence-electron chi connectivity index (χ2n) is 5.49. The van der Waals surface area contributed by atoms with E-state index < -0.39 is 0 Å². The summed E-state index contributed by atoms with van der Waals surface area (Å²) >= 11 is 5.80. The molecule has 25 heavy (non-hydrogen) atoms. The van der Waals surface area contributed by atoms with E-state index in [-0.39, 0.29) is 18.4 Å². The Morgan fingerprint density at radius 3 is 2.72 bits per heavy atom. The Balaban J connectivity index is 1.62. The predicted octanol–water partition coefficient (Wildman–Crippen LogP) is 3.10. The van der Waals surface area contributed by atoms with E-state index in [1.807, 2.05) is 0 Å². The molecule has 1 N–H and O–H groups in total. The Morgan fingerprint density at radius 1 is 1.24 bits per heavy atom. The van der Waals surface area contributed by atoms with Crippen molar-refractivity contribution < 1.29 is 19.1 Å². The number of hydrogen-bond acceptors (Lipinski definition) is 4. The molecule has 6 nitrogen and oxygen atoms in total. The lowest BCUT2D eigenvalue weighted by Gasteiger charge is -2.29. The fraction of sp³-hybridized carbons (Fsp3) is 0.222. The topological polar surface area (TPSA) is 67.9 Å². The summed E-state index contributed by atoms with van der Waals surface area (Å²) < 4.78 is 11.0. The van der Waals surface area contributed by atoms with Crippen LogP contribution in [0.3, 0.4) is 0 Å². The second-order valence-corrected chi connectivity index (χ2v) is 5.93. The Bertz CT molecular complexity index is 792. The van der Waals surface area contributed by atoms with Crippen molar-refractivity contribution in [3.8, 4) is 11.5 Å². The smallest absolute Gasteiger partial charge is 0.262 e. The monoisotopic (exact) mass is 360 g/mol. The molecule has 0 saturated heterocycles. The molecule has 0 saturated carbocycles. The first kappa shape index (κ1) is 17.1. The van der Waals surface area contributed by atoms with Crippen molar-refractivity contribution >= 4 is 34.8 Å². The summed E-state index contributed by atoms with van der Waals surface area (Å²) in [7, 11) is 0. The summed E-state index contributed by atoms with van der Waals surface area (Å²) in [5.74, 6) is 0.787. The van der Waals surface area contributed by atoms with E-state index in [0.717, 1.165) is 0 Å². The van der Waals surface area contributed by atoms with Gasteiger partial charge < -0.3 is 19.7 Å². The predicted molar refractivity (Wildman–Crippen MR) is 95.5 cm³/mol. The van der Waals surface area contributed by atoms with E-state index in [1.54, 1.807) is 47.4 Å². The zero-order chi connectivity index (χ0) is 17.8. The highest BCUT2D eigenvalue weighted by Crippen LogP contribution is 2.34. The third kappa shape index (κ3) is 4.22. The molecule has 0 spiro atoms. The van der Waals surface area contributed by atoms with Crippen LogP contribution in [0.15, 0.2) is 42.5 Å². The van der Waals surface area contributed by atoms with Gasteiger partial charge >= 0.3 is 0 Å². The van der Waals surface area contributed by atoms with Gasteiger partial charge in [-0.2, -0.15) is 0 Å². The summed E-state index contributed by atoms with van der Waals surface area (Å²) in [6.45, 7) is 2.32. The van der Waals surface area contributed by atoms with Gasteiger partial charge in [0.05, 0.1) is 12.2 Å². The summed E-state index contributed by atoms with van der Waals surface area (Å²) in [4.78, 5) is 25.3. The molecule has 0 unspecified atom stereocenters. The van der Waals surface area contributed by atoms with Crippen LogP contribution in [0.25, 0.3) is 0 Å². The molecule has 7 heteroatoms. The van der Waals surface area contributed by atoms with Crippen LogP contribution < -0.4 is 19.7 Å². The molecular weight excluding hydrogens is 344 g/mol. The number of benzene rings is 2. The van der Waals surface area contributed by atoms with Gasteiger partial charge in [-0.05, 0) is 36.4 Å². The van der Waals surface area contributed by atoms with E-state index in [0.29, 0.717) is 41.0 Å². The molecule has 0 aromatic heterocycles. The number of amides is 2. The second kappa shape index (κ2) is 7.44. The lowest BCUT2D eigenvalue weighted by molar-refractivity contribution is -0.118. The van der Waals surface area contributed by atoms with Crippen molar-refractivity contribution in [1.82, 2.24) is 0 Å². The van der Waals surface area contributed by atoms with Gasteiger partial charge in [0, 0.05) is 23.7 Å². The molecule has 1 aliphatic rings. The fourth-order valence-electron chi connectivity index (χ4n) is 2.50. The van der Waals surface area contributed by atoms with Gasteiger partial charge in [0.1, 0.15) is 18.1 Å². The molecule has 0 bridgehead atoms. The number of nitrogens with one attached hydrogen (secondary N) is 1. The molecule has 3 rings (SSSR count). The van der Waals surface area contributed by atoms with Crippen LogP contribution in [0.2, 0.25) is 5.02 Å². The van der Waals surface area contributed by atoms with Crippen LogP contribution in [0.1, 0.15) is 6.92 Å². The Kier molecular flexibility index (Phi) is 5.09. The zero-order valence-corrected chi connectivity index (χ0v) is 14.4. The maximum absolute atomic E-state index is 12.0. The number of rotatable bonds is 4. The van der Waals surface area contributed by atoms with E-state index in [2.05, 4.69) is 5.32 Å². The van der Waals surface area contributed by atoms with Gasteiger partial charge in [0.15, 0.2) is 6.61 Å². The summed E-state index contributed by atoms with van der Waals surface area (Å²) in [6.07, 6.45) is 0. The molecule has 0 fully saturated rings. The molecule has 130 valence electrons. The van der Waals surface area contributed by atoms with Crippen molar-refractivity contribution in [3.63, 3.8) is 0 Å². The Hall–Kier alpha value is -2.73. The van der Waals surface area contributed by atoms with Gasteiger partial charge in [0.25, 0.3) is 5.91 Å². The molecule has 2 aromatic rings. The molecule has 2 amide bonds. The SMILES string of the molecule is CC(=O)N1CCOc2cc(NC(=O)COc3ccc(Cl)cc3)ccc21. The number of nitrogens with zero attached hydrogens (tertiary/aromatic N) is 1. The van der Waals surface area contributed by atoms with Crippen molar-refractivity contribution in [2.75, 3.05) is 30.0 Å². The summed E-state index contributed by atoms with van der Waals surface area (Å²) in [5, 5.41) is 3.35. The number of carbonyl (C=O) groups excluding carboxylic acids is 2. The Labute approximate surface area is 150 Å². The third-order valence-electron chi connectivity index (χ3n) is 3.67. The van der Waals surface area contributed by atoms with E-state index in [9.17, 15) is 9.59 Å². The minimum atomic E-state index is -0.297. The number of ether oxygens (including phenoxy) is 2. The first-order chi connectivity index (χ1) is 12.0. The van der Waals surface area contributed by atoms with Crippen molar-refractivity contribution in [2.45, 2.75) is 6.92 Å². The minimum Gasteiger partial charge on any atom is -0.489 e. The number of carbonyl (C=O) groups is 2. The molecule has 1 heterocycles. The molecular formula is C18H17ClN2O4. The van der Waals surface area contributed by atoms with Gasteiger partial charge in [-0.1, -0.05) is 11.6 Å². The van der Waals surface area contributed by atoms with Crippen LogP contribution in [-0.2, 0) is 9.59 Å². The highest BCUT2D eigenvalue weighted by Gasteiger charge is 2.21. The van der Waals surface area contributed by atoms with Gasteiger partial charge in [-0.25, -0.2) is 0 Å². The standard InChI is InChI=1S/C18H17ClN2O4/c1-12(22)21-8-9-24-17-10-14(4-7-16(17)21)20-18(23)11-25-15-5-2-13(19)3-6-15/h2-7,10H,8-9,11H2,1H3,(H,20,23). The van der Waals surface area contributed by atoms with Crippen molar-refractivity contribution in [2.24, 2.45) is 0 Å². The molecule has 0 atom stereocenters. The zero-order valence-electron chi connectivity index (χ0n) is 13.6. The van der Waals surface area contributed by atoms with Crippen LogP contribution in [0.4, 0.5) is 11.4 Å². The van der Waals surface area contributed by atoms with E-state index in [4.69, 9.17) is 21.1 Å². The van der Waals surface area contributed by atoms with Gasteiger partial charge in [-0.3, -0.25) is 9.59 Å². The average molecular weight is 361 g/mol. The van der Waals surface area contributed by atoms with Crippen LogP contribution >= 0.6 is 11.6 Å². The lowest BCUT2D eigenvalue weighted by Crippen LogP contribution is -2.36. The van der Waals surface area contributed by atoms with Gasteiger partial charge in [-0.15, -0.1) is 0 Å². The third-order valence-corrected chi connectivity index (χ3v) is 3.92. The van der Waals surface area contributed by atoms with Crippen LogP contribution in [0, 0.1) is 0 Å². The maximum Gasteiger partial charge on any atom is 0.262 e. The molecule has 0 radical (unpaired) electrons. The first-order valence-electron chi connectivity index (χ1n) is 7.76. The Morgan fingerprint density at radius 2 is 2.00 bits per heavy atom. The fourth-order valence-corrected chi connectivity index (χ4v) is 2.63. The maximum atomic E-state index is 12.0. The summed E-state index contributed by atoms with van der Waals surface area (Å²) in [5.41, 5.74) is 1.28. The molecule has 0 aliphatic carbocycles. The average Bonchev–Trinajstić information content (AvgIpc) is 2.60. The molecule has 2 aromatic carbocycles. The number of fused-ring (bicyclic) bond motifs is 1. The van der Waals surface area contributed by atoms with E-state index >= 15 is 0 Å². The number of hydrogen-bond donors (Lipinski definition) is 1. The van der Waals surface area contributed by atoms with Crippen molar-refractivity contribution in [3.05, 3.63) is 47.5 Å². The molecule has 1 aliphatic heterocycles.